The molecule has 0 saturated carbocycles. The van der Waals surface area contributed by atoms with Crippen LogP contribution in [0.3, 0.4) is 0 Å². The average molecular weight is 304 g/mol. The molecule has 4 nitrogen and oxygen atoms in total. The summed E-state index contributed by atoms with van der Waals surface area (Å²) < 4.78 is 18.8. The van der Waals surface area contributed by atoms with Gasteiger partial charge in [-0.3, -0.25) is 4.79 Å². The van der Waals surface area contributed by atoms with Crippen LogP contribution in [0.4, 0.5) is 10.1 Å². The van der Waals surface area contributed by atoms with Gasteiger partial charge in [0, 0.05) is 0 Å². The van der Waals surface area contributed by atoms with Gasteiger partial charge in [-0.05, 0) is 24.3 Å². The Morgan fingerprint density at radius 2 is 1.86 bits per heavy atom. The first-order valence-electron chi connectivity index (χ1n) is 6.14. The van der Waals surface area contributed by atoms with E-state index in [0.717, 1.165) is 0 Å². The lowest BCUT2D eigenvalue weighted by molar-refractivity contribution is -0.118. The van der Waals surface area contributed by atoms with E-state index < -0.39 is 11.7 Å². The summed E-state index contributed by atoms with van der Waals surface area (Å²) in [5.74, 6) is -0.569. The Hall–Kier alpha value is -2.47. The van der Waals surface area contributed by atoms with Gasteiger partial charge in [0.05, 0.1) is 11.3 Å². The Labute approximate surface area is 126 Å². The number of nitrogens with two attached hydrogens (primary N) is 1. The molecule has 0 saturated heterocycles. The smallest absolute Gasteiger partial charge is 0.262 e. The van der Waals surface area contributed by atoms with Crippen molar-refractivity contribution < 1.29 is 13.9 Å². The maximum Gasteiger partial charge on any atom is 0.262 e. The van der Waals surface area contributed by atoms with Gasteiger partial charge in [-0.15, -0.1) is 0 Å². The molecular formula is C15H13FN2O2S. The van der Waals surface area contributed by atoms with Crippen LogP contribution in [-0.2, 0) is 4.79 Å². The molecule has 108 valence electrons. The van der Waals surface area contributed by atoms with E-state index >= 15 is 0 Å². The molecule has 0 aliphatic rings. The van der Waals surface area contributed by atoms with Crippen molar-refractivity contribution in [2.24, 2.45) is 5.73 Å². The summed E-state index contributed by atoms with van der Waals surface area (Å²) in [6, 6.07) is 12.8. The van der Waals surface area contributed by atoms with Crippen molar-refractivity contribution in [3.63, 3.8) is 0 Å². The van der Waals surface area contributed by atoms with Crippen molar-refractivity contribution in [1.82, 2.24) is 0 Å². The van der Waals surface area contributed by atoms with Crippen LogP contribution in [0, 0.1) is 5.82 Å². The van der Waals surface area contributed by atoms with E-state index in [2.05, 4.69) is 5.32 Å². The van der Waals surface area contributed by atoms with Gasteiger partial charge >= 0.3 is 0 Å². The third-order valence-electron chi connectivity index (χ3n) is 2.66. The number of halogens is 1. The van der Waals surface area contributed by atoms with Gasteiger partial charge in [0.2, 0.25) is 0 Å². The zero-order valence-electron chi connectivity index (χ0n) is 11.0. The normalized spacial score (nSPS) is 9.95. The van der Waals surface area contributed by atoms with E-state index in [4.69, 9.17) is 22.7 Å². The molecule has 0 unspecified atom stereocenters. The van der Waals surface area contributed by atoms with Crippen molar-refractivity contribution >= 4 is 28.8 Å². The van der Waals surface area contributed by atoms with Crippen molar-refractivity contribution in [2.75, 3.05) is 11.9 Å². The van der Waals surface area contributed by atoms with Crippen molar-refractivity contribution in [1.29, 1.82) is 0 Å². The molecule has 6 heteroatoms. The quantitative estimate of drug-likeness (QED) is 0.833. The minimum absolute atomic E-state index is 0.105. The summed E-state index contributed by atoms with van der Waals surface area (Å²) in [5.41, 5.74) is 6.22. The molecule has 0 aromatic heterocycles. The highest BCUT2D eigenvalue weighted by Crippen LogP contribution is 2.18. The first-order valence-corrected chi connectivity index (χ1v) is 6.55. The number of amides is 1. The van der Waals surface area contributed by atoms with Crippen LogP contribution >= 0.6 is 12.2 Å². The largest absolute Gasteiger partial charge is 0.483 e. The molecule has 2 aromatic carbocycles. The fourth-order valence-corrected chi connectivity index (χ4v) is 1.86. The van der Waals surface area contributed by atoms with Crippen LogP contribution in [0.2, 0.25) is 0 Å². The highest BCUT2D eigenvalue weighted by atomic mass is 32.1. The summed E-state index contributed by atoms with van der Waals surface area (Å²) in [5, 5.41) is 2.43. The maximum absolute atomic E-state index is 13.4. The predicted molar refractivity (Wildman–Crippen MR) is 82.9 cm³/mol. The zero-order valence-corrected chi connectivity index (χ0v) is 11.8. The summed E-state index contributed by atoms with van der Waals surface area (Å²) in [4.78, 5) is 11.9. The van der Waals surface area contributed by atoms with Gasteiger partial charge < -0.3 is 15.8 Å². The van der Waals surface area contributed by atoms with E-state index in [-0.39, 0.29) is 17.3 Å². The minimum atomic E-state index is -0.505. The number of benzene rings is 2. The van der Waals surface area contributed by atoms with Crippen molar-refractivity contribution in [3.8, 4) is 5.75 Å². The Balaban J connectivity index is 1.99. The maximum atomic E-state index is 13.4. The molecule has 2 rings (SSSR count). The second-order valence-electron chi connectivity index (χ2n) is 4.18. The Kier molecular flexibility index (Phi) is 4.84. The molecule has 0 heterocycles. The average Bonchev–Trinajstić information content (AvgIpc) is 2.48. The standard InChI is InChI=1S/C15H13FN2O2S/c16-11-6-2-3-7-12(11)18-14(19)9-20-13-8-4-1-5-10(13)15(17)21/h1-8H,9H2,(H2,17,21)(H,18,19). The number of ether oxygens (including phenoxy) is 1. The number of carbonyl (C=O) groups excluding carboxylic acids is 1. The van der Waals surface area contributed by atoms with Crippen LogP contribution < -0.4 is 15.8 Å². The number of nitrogens with one attached hydrogen (secondary N) is 1. The highest BCUT2D eigenvalue weighted by molar-refractivity contribution is 7.80. The molecule has 0 bridgehead atoms. The van der Waals surface area contributed by atoms with Crippen LogP contribution in [-0.4, -0.2) is 17.5 Å². The lowest BCUT2D eigenvalue weighted by atomic mass is 10.2. The minimum Gasteiger partial charge on any atom is -0.483 e. The zero-order chi connectivity index (χ0) is 15.2. The molecule has 1 amide bonds. The molecule has 2 aromatic rings. The molecule has 0 aliphatic heterocycles. The van der Waals surface area contributed by atoms with Gasteiger partial charge in [0.1, 0.15) is 16.6 Å². The first kappa shape index (κ1) is 14.9. The fraction of sp³-hybridized carbons (Fsp3) is 0.0667. The predicted octanol–water partition coefficient (Wildman–Crippen LogP) is 2.48. The Morgan fingerprint density at radius 1 is 1.19 bits per heavy atom. The number of anilines is 1. The number of hydrogen-bond donors (Lipinski definition) is 2. The van der Waals surface area contributed by atoms with Crippen molar-refractivity contribution in [2.45, 2.75) is 0 Å². The van der Waals surface area contributed by atoms with E-state index in [1.54, 1.807) is 36.4 Å². The summed E-state index contributed by atoms with van der Waals surface area (Å²) in [6.07, 6.45) is 0. The van der Waals surface area contributed by atoms with Gasteiger partial charge in [-0.25, -0.2) is 4.39 Å². The lowest BCUT2D eigenvalue weighted by Gasteiger charge is -2.11. The molecule has 21 heavy (non-hydrogen) atoms. The van der Waals surface area contributed by atoms with Gasteiger partial charge in [0.15, 0.2) is 6.61 Å². The summed E-state index contributed by atoms with van der Waals surface area (Å²) in [6.45, 7) is -0.270. The van der Waals surface area contributed by atoms with Gasteiger partial charge in [-0.2, -0.15) is 0 Å². The topological polar surface area (TPSA) is 64.3 Å². The summed E-state index contributed by atoms with van der Waals surface area (Å²) >= 11 is 4.90. The second kappa shape index (κ2) is 6.81. The van der Waals surface area contributed by atoms with E-state index in [1.165, 1.54) is 12.1 Å². The van der Waals surface area contributed by atoms with E-state index in [9.17, 15) is 9.18 Å². The lowest BCUT2D eigenvalue weighted by Crippen LogP contribution is -2.22. The Morgan fingerprint density at radius 3 is 2.57 bits per heavy atom. The van der Waals surface area contributed by atoms with Crippen LogP contribution in [0.1, 0.15) is 5.56 Å². The molecule has 0 radical (unpaired) electrons. The number of rotatable bonds is 5. The van der Waals surface area contributed by atoms with Crippen LogP contribution in [0.15, 0.2) is 48.5 Å². The molecule has 0 aliphatic carbocycles. The third-order valence-corrected chi connectivity index (χ3v) is 2.88. The SMILES string of the molecule is NC(=S)c1ccccc1OCC(=O)Nc1ccccc1F. The van der Waals surface area contributed by atoms with Gasteiger partial charge in [-0.1, -0.05) is 36.5 Å². The third kappa shape index (κ3) is 4.00. The number of thiocarbonyl (C=S) groups is 1. The van der Waals surface area contributed by atoms with Crippen molar-refractivity contribution in [3.05, 3.63) is 59.9 Å². The first-order chi connectivity index (χ1) is 10.1. The second-order valence-corrected chi connectivity index (χ2v) is 4.62. The summed E-state index contributed by atoms with van der Waals surface area (Å²) in [7, 11) is 0. The number of carbonyl (C=O) groups is 1. The number of hydrogen-bond acceptors (Lipinski definition) is 3. The molecule has 0 spiro atoms. The number of para-hydroxylation sites is 2. The molecule has 0 atom stereocenters. The molecule has 3 N–H and O–H groups in total. The van der Waals surface area contributed by atoms with E-state index in [0.29, 0.717) is 11.3 Å². The monoisotopic (exact) mass is 304 g/mol. The van der Waals surface area contributed by atoms with E-state index in [1.807, 2.05) is 0 Å². The molecular weight excluding hydrogens is 291 g/mol. The van der Waals surface area contributed by atoms with Gasteiger partial charge in [0.25, 0.3) is 5.91 Å². The highest BCUT2D eigenvalue weighted by Gasteiger charge is 2.10. The fourth-order valence-electron chi connectivity index (χ4n) is 1.69. The van der Waals surface area contributed by atoms with Crippen LogP contribution in [0.5, 0.6) is 5.75 Å². The van der Waals surface area contributed by atoms with Crippen LogP contribution in [0.25, 0.3) is 0 Å². The molecule has 0 fully saturated rings. The Bertz CT molecular complexity index is 676.